The molecule has 1 aliphatic heterocycles. The number of imidazole rings is 1. The van der Waals surface area contributed by atoms with Gasteiger partial charge in [0.25, 0.3) is 5.56 Å². The van der Waals surface area contributed by atoms with Crippen LogP contribution in [0.15, 0.2) is 33.9 Å². The van der Waals surface area contributed by atoms with Crippen molar-refractivity contribution in [3.8, 4) is 5.75 Å². The van der Waals surface area contributed by atoms with Crippen LogP contribution in [-0.4, -0.2) is 38.4 Å². The van der Waals surface area contributed by atoms with E-state index in [1.165, 1.54) is 9.13 Å². The zero-order chi connectivity index (χ0) is 21.1. The average Bonchev–Trinajstić information content (AvgIpc) is 3.18. The molecule has 4 rings (SSSR count). The second-order valence-electron chi connectivity index (χ2n) is 7.23. The van der Waals surface area contributed by atoms with E-state index in [2.05, 4.69) is 9.97 Å². The van der Waals surface area contributed by atoms with E-state index in [0.29, 0.717) is 30.1 Å². The Morgan fingerprint density at radius 3 is 2.67 bits per heavy atom. The maximum absolute atomic E-state index is 12.6. The van der Waals surface area contributed by atoms with Crippen molar-refractivity contribution in [2.24, 2.45) is 0 Å². The number of aromatic nitrogens is 4. The molecule has 0 amide bonds. The summed E-state index contributed by atoms with van der Waals surface area (Å²) >= 11 is 0. The van der Waals surface area contributed by atoms with Crippen LogP contribution in [0, 0.1) is 0 Å². The summed E-state index contributed by atoms with van der Waals surface area (Å²) < 4.78 is 14.2. The van der Waals surface area contributed by atoms with Crippen LogP contribution < -0.4 is 16.0 Å². The minimum Gasteiger partial charge on any atom is -0.490 e. The van der Waals surface area contributed by atoms with E-state index < -0.39 is 0 Å². The SMILES string of the molecule is CCn1c(=O)c2[nH]c(C=Cc3cccc(OC4CCOCC4)c3)nc2n(CC)c1=O. The maximum Gasteiger partial charge on any atom is 0.332 e. The van der Waals surface area contributed by atoms with Crippen LogP contribution in [0.5, 0.6) is 5.75 Å². The molecule has 1 N–H and O–H groups in total. The predicted octanol–water partition coefficient (Wildman–Crippen LogP) is 2.65. The number of aryl methyl sites for hydroxylation is 1. The molecule has 0 atom stereocenters. The van der Waals surface area contributed by atoms with Crippen LogP contribution in [-0.2, 0) is 17.8 Å². The molecule has 0 saturated carbocycles. The zero-order valence-corrected chi connectivity index (χ0v) is 17.3. The molecular formula is C22H26N4O4. The summed E-state index contributed by atoms with van der Waals surface area (Å²) in [5.74, 6) is 1.34. The Balaban J connectivity index is 1.61. The summed E-state index contributed by atoms with van der Waals surface area (Å²) in [4.78, 5) is 32.6. The maximum atomic E-state index is 12.6. The predicted molar refractivity (Wildman–Crippen MR) is 116 cm³/mol. The van der Waals surface area contributed by atoms with Crippen molar-refractivity contribution in [1.82, 2.24) is 19.1 Å². The number of H-pyrrole nitrogens is 1. The molecule has 3 aromatic rings. The normalized spacial score (nSPS) is 15.3. The van der Waals surface area contributed by atoms with Crippen LogP contribution in [0.25, 0.3) is 23.3 Å². The van der Waals surface area contributed by atoms with Crippen molar-refractivity contribution in [2.45, 2.75) is 45.9 Å². The Morgan fingerprint density at radius 2 is 1.93 bits per heavy atom. The highest BCUT2D eigenvalue weighted by atomic mass is 16.5. The van der Waals surface area contributed by atoms with Gasteiger partial charge in [-0.3, -0.25) is 13.9 Å². The lowest BCUT2D eigenvalue weighted by Crippen LogP contribution is -2.39. The number of nitrogens with zero attached hydrogens (tertiary/aromatic N) is 3. The summed E-state index contributed by atoms with van der Waals surface area (Å²) in [7, 11) is 0. The molecule has 0 aliphatic carbocycles. The summed E-state index contributed by atoms with van der Waals surface area (Å²) in [6.45, 7) is 5.87. The number of fused-ring (bicyclic) bond motifs is 1. The molecule has 1 aliphatic rings. The van der Waals surface area contributed by atoms with E-state index in [1.807, 2.05) is 37.3 Å². The highest BCUT2D eigenvalue weighted by Gasteiger charge is 2.16. The third-order valence-electron chi connectivity index (χ3n) is 5.27. The van der Waals surface area contributed by atoms with E-state index >= 15 is 0 Å². The Morgan fingerprint density at radius 1 is 1.17 bits per heavy atom. The van der Waals surface area contributed by atoms with Crippen LogP contribution in [0.2, 0.25) is 0 Å². The Labute approximate surface area is 173 Å². The Bertz CT molecular complexity index is 1180. The highest BCUT2D eigenvalue weighted by molar-refractivity contribution is 5.75. The molecule has 1 fully saturated rings. The van der Waals surface area contributed by atoms with Crippen LogP contribution >= 0.6 is 0 Å². The number of ether oxygens (including phenoxy) is 2. The lowest BCUT2D eigenvalue weighted by atomic mass is 10.1. The molecule has 0 spiro atoms. The number of rotatable bonds is 6. The molecule has 0 unspecified atom stereocenters. The van der Waals surface area contributed by atoms with Gasteiger partial charge in [-0.25, -0.2) is 9.78 Å². The van der Waals surface area contributed by atoms with Crippen LogP contribution in [0.1, 0.15) is 38.1 Å². The first-order valence-electron chi connectivity index (χ1n) is 10.4. The molecule has 1 saturated heterocycles. The van der Waals surface area contributed by atoms with Crippen molar-refractivity contribution >= 4 is 23.3 Å². The molecule has 30 heavy (non-hydrogen) atoms. The molecule has 0 bridgehead atoms. The zero-order valence-electron chi connectivity index (χ0n) is 17.3. The summed E-state index contributed by atoms with van der Waals surface area (Å²) in [6, 6.07) is 7.84. The third-order valence-corrected chi connectivity index (χ3v) is 5.27. The van der Waals surface area contributed by atoms with Gasteiger partial charge in [-0.2, -0.15) is 0 Å². The lowest BCUT2D eigenvalue weighted by molar-refractivity contribution is 0.0255. The Hall–Kier alpha value is -3.13. The average molecular weight is 410 g/mol. The summed E-state index contributed by atoms with van der Waals surface area (Å²) in [6.07, 6.45) is 5.68. The number of aromatic amines is 1. The van der Waals surface area contributed by atoms with E-state index in [1.54, 1.807) is 13.0 Å². The molecule has 3 heterocycles. The number of hydrogen-bond acceptors (Lipinski definition) is 5. The van der Waals surface area contributed by atoms with E-state index in [0.717, 1.165) is 37.4 Å². The van der Waals surface area contributed by atoms with Crippen molar-refractivity contribution < 1.29 is 9.47 Å². The van der Waals surface area contributed by atoms with Gasteiger partial charge < -0.3 is 14.5 Å². The number of benzene rings is 1. The van der Waals surface area contributed by atoms with Gasteiger partial charge in [0, 0.05) is 25.9 Å². The van der Waals surface area contributed by atoms with Crippen molar-refractivity contribution in [2.75, 3.05) is 13.2 Å². The van der Waals surface area contributed by atoms with Crippen LogP contribution in [0.3, 0.4) is 0 Å². The molecule has 0 radical (unpaired) electrons. The minimum absolute atomic E-state index is 0.180. The molecule has 2 aromatic heterocycles. The minimum atomic E-state index is -0.346. The summed E-state index contributed by atoms with van der Waals surface area (Å²) in [5.41, 5.74) is 1.00. The fourth-order valence-electron chi connectivity index (χ4n) is 3.68. The lowest BCUT2D eigenvalue weighted by Gasteiger charge is -2.23. The first-order chi connectivity index (χ1) is 14.6. The highest BCUT2D eigenvalue weighted by Crippen LogP contribution is 2.20. The fourth-order valence-corrected chi connectivity index (χ4v) is 3.68. The van der Waals surface area contributed by atoms with Gasteiger partial charge in [0.05, 0.1) is 13.2 Å². The van der Waals surface area contributed by atoms with E-state index in [4.69, 9.17) is 9.47 Å². The molecule has 1 aromatic carbocycles. The fraction of sp³-hybridized carbons (Fsp3) is 0.409. The Kier molecular flexibility index (Phi) is 5.85. The second-order valence-corrected chi connectivity index (χ2v) is 7.23. The largest absolute Gasteiger partial charge is 0.490 e. The van der Waals surface area contributed by atoms with Crippen molar-refractivity contribution in [3.05, 3.63) is 56.5 Å². The van der Waals surface area contributed by atoms with Crippen molar-refractivity contribution in [1.29, 1.82) is 0 Å². The topological polar surface area (TPSA) is 91.1 Å². The quantitative estimate of drug-likeness (QED) is 0.675. The third kappa shape index (κ3) is 3.95. The van der Waals surface area contributed by atoms with Gasteiger partial charge in [0.2, 0.25) is 0 Å². The first-order valence-corrected chi connectivity index (χ1v) is 10.4. The first kappa shape index (κ1) is 20.2. The number of nitrogens with one attached hydrogen (secondary N) is 1. The summed E-state index contributed by atoms with van der Waals surface area (Å²) in [5, 5.41) is 0. The van der Waals surface area contributed by atoms with Gasteiger partial charge in [-0.1, -0.05) is 18.2 Å². The van der Waals surface area contributed by atoms with Crippen LogP contribution in [0.4, 0.5) is 0 Å². The van der Waals surface area contributed by atoms with E-state index in [9.17, 15) is 9.59 Å². The molecular weight excluding hydrogens is 384 g/mol. The van der Waals surface area contributed by atoms with Gasteiger partial charge in [-0.15, -0.1) is 0 Å². The number of hydrogen-bond donors (Lipinski definition) is 1. The van der Waals surface area contributed by atoms with Gasteiger partial charge in [-0.05, 0) is 37.6 Å². The van der Waals surface area contributed by atoms with Crippen molar-refractivity contribution in [3.63, 3.8) is 0 Å². The molecule has 8 nitrogen and oxygen atoms in total. The van der Waals surface area contributed by atoms with Gasteiger partial charge in [0.1, 0.15) is 23.2 Å². The molecule has 8 heteroatoms. The van der Waals surface area contributed by atoms with Gasteiger partial charge >= 0.3 is 5.69 Å². The van der Waals surface area contributed by atoms with E-state index in [-0.39, 0.29) is 17.4 Å². The van der Waals surface area contributed by atoms with Gasteiger partial charge in [0.15, 0.2) is 5.65 Å². The standard InChI is InChI=1S/C22H26N4O4/c1-3-25-20-19(21(27)26(4-2)22(25)28)23-18(24-20)9-8-15-6-5-7-17(14-15)30-16-10-12-29-13-11-16/h5-9,14,16H,3-4,10-13H2,1-2H3,(H,23,24). The molecule has 158 valence electrons. The smallest absolute Gasteiger partial charge is 0.332 e. The monoisotopic (exact) mass is 410 g/mol. The second kappa shape index (κ2) is 8.71.